The first-order valence-corrected chi connectivity index (χ1v) is 5.33. The molecule has 1 aromatic rings. The minimum absolute atomic E-state index is 0.0230. The van der Waals surface area contributed by atoms with E-state index in [1.165, 1.54) is 14.2 Å². The number of hydrogen-bond donors (Lipinski definition) is 2. The quantitative estimate of drug-likeness (QED) is 0.832. The molecule has 4 N–H and O–H groups in total. The van der Waals surface area contributed by atoms with E-state index in [9.17, 15) is 4.79 Å². The van der Waals surface area contributed by atoms with Crippen LogP contribution in [-0.4, -0.2) is 20.1 Å². The lowest BCUT2D eigenvalue weighted by Crippen LogP contribution is -2.21. The van der Waals surface area contributed by atoms with Gasteiger partial charge < -0.3 is 20.9 Å². The molecule has 0 radical (unpaired) electrons. The molecule has 0 spiro atoms. The normalized spacial score (nSPS) is 12.0. The molecule has 0 unspecified atom stereocenters. The third-order valence-electron chi connectivity index (χ3n) is 2.34. The Labute approximate surface area is 105 Å². The van der Waals surface area contributed by atoms with Crippen molar-refractivity contribution < 1.29 is 14.3 Å². The van der Waals surface area contributed by atoms with Gasteiger partial charge in [0.25, 0.3) is 0 Å². The van der Waals surface area contributed by atoms with Gasteiger partial charge in [-0.25, -0.2) is 0 Å². The van der Waals surface area contributed by atoms with Crippen molar-refractivity contribution in [3.8, 4) is 11.5 Å². The molecule has 6 heteroatoms. The highest BCUT2D eigenvalue weighted by molar-refractivity contribution is 6.33. The van der Waals surface area contributed by atoms with Crippen LogP contribution in [0.15, 0.2) is 12.1 Å². The van der Waals surface area contributed by atoms with Crippen molar-refractivity contribution in [3.05, 3.63) is 22.7 Å². The first kappa shape index (κ1) is 13.6. The molecule has 0 aromatic heterocycles. The number of amides is 1. The van der Waals surface area contributed by atoms with Gasteiger partial charge in [-0.15, -0.1) is 0 Å². The van der Waals surface area contributed by atoms with Gasteiger partial charge in [-0.3, -0.25) is 4.79 Å². The largest absolute Gasteiger partial charge is 0.493 e. The molecule has 94 valence electrons. The van der Waals surface area contributed by atoms with Gasteiger partial charge in [0.2, 0.25) is 5.91 Å². The second-order valence-corrected chi connectivity index (χ2v) is 3.86. The maximum absolute atomic E-state index is 10.8. The molecular weight excluding hydrogens is 244 g/mol. The van der Waals surface area contributed by atoms with Gasteiger partial charge in [0.15, 0.2) is 11.5 Å². The lowest BCUT2D eigenvalue weighted by Gasteiger charge is -2.16. The van der Waals surface area contributed by atoms with Crippen molar-refractivity contribution in [2.75, 3.05) is 14.2 Å². The van der Waals surface area contributed by atoms with E-state index in [4.69, 9.17) is 32.5 Å². The zero-order chi connectivity index (χ0) is 13.0. The van der Waals surface area contributed by atoms with Gasteiger partial charge in [0, 0.05) is 12.5 Å². The SMILES string of the molecule is COc1ccc([C@H](N)CC(N)=O)c(Cl)c1OC. The number of halogens is 1. The van der Waals surface area contributed by atoms with Crippen molar-refractivity contribution in [1.29, 1.82) is 0 Å². The second kappa shape index (κ2) is 5.75. The Bertz CT molecular complexity index is 423. The van der Waals surface area contributed by atoms with Gasteiger partial charge in [-0.05, 0) is 11.6 Å². The predicted octanol–water partition coefficient (Wildman–Crippen LogP) is 1.23. The van der Waals surface area contributed by atoms with Crippen LogP contribution in [0.5, 0.6) is 11.5 Å². The maximum Gasteiger partial charge on any atom is 0.219 e. The van der Waals surface area contributed by atoms with Crippen LogP contribution < -0.4 is 20.9 Å². The number of carbonyl (C=O) groups is 1. The molecule has 0 saturated heterocycles. The molecule has 0 bridgehead atoms. The van der Waals surface area contributed by atoms with Crippen LogP contribution in [0.1, 0.15) is 18.0 Å². The van der Waals surface area contributed by atoms with Gasteiger partial charge >= 0.3 is 0 Å². The average molecular weight is 259 g/mol. The molecule has 17 heavy (non-hydrogen) atoms. The van der Waals surface area contributed by atoms with Crippen molar-refractivity contribution in [3.63, 3.8) is 0 Å². The van der Waals surface area contributed by atoms with Crippen molar-refractivity contribution in [2.45, 2.75) is 12.5 Å². The molecule has 0 heterocycles. The number of hydrogen-bond acceptors (Lipinski definition) is 4. The number of rotatable bonds is 5. The average Bonchev–Trinajstić information content (AvgIpc) is 2.27. The van der Waals surface area contributed by atoms with Crippen LogP contribution in [0.25, 0.3) is 0 Å². The fourth-order valence-electron chi connectivity index (χ4n) is 1.52. The summed E-state index contributed by atoms with van der Waals surface area (Å²) in [4.78, 5) is 10.8. The smallest absolute Gasteiger partial charge is 0.219 e. The van der Waals surface area contributed by atoms with E-state index in [1.807, 2.05) is 0 Å². The number of benzene rings is 1. The first-order valence-electron chi connectivity index (χ1n) is 4.95. The summed E-state index contributed by atoms with van der Waals surface area (Å²) in [5.74, 6) is 0.419. The van der Waals surface area contributed by atoms with Gasteiger partial charge in [-0.2, -0.15) is 0 Å². The monoisotopic (exact) mass is 258 g/mol. The molecule has 0 saturated carbocycles. The van der Waals surface area contributed by atoms with Crippen molar-refractivity contribution in [2.24, 2.45) is 11.5 Å². The van der Waals surface area contributed by atoms with Gasteiger partial charge in [0.05, 0.1) is 19.2 Å². The lowest BCUT2D eigenvalue weighted by molar-refractivity contribution is -0.118. The third-order valence-corrected chi connectivity index (χ3v) is 2.73. The number of primary amides is 1. The maximum atomic E-state index is 10.8. The molecule has 0 aliphatic heterocycles. The molecule has 0 fully saturated rings. The standard InChI is InChI=1S/C11H15ClN2O3/c1-16-8-4-3-6(7(13)5-9(14)15)10(12)11(8)17-2/h3-4,7H,5,13H2,1-2H3,(H2,14,15)/t7-/m1/s1. The Balaban J connectivity index is 3.14. The third kappa shape index (κ3) is 3.01. The molecule has 1 aromatic carbocycles. The van der Waals surface area contributed by atoms with E-state index in [-0.39, 0.29) is 6.42 Å². The first-order chi connectivity index (χ1) is 8.01. The Kier molecular flexibility index (Phi) is 4.60. The Morgan fingerprint density at radius 3 is 2.53 bits per heavy atom. The Morgan fingerprint density at radius 1 is 1.41 bits per heavy atom. The summed E-state index contributed by atoms with van der Waals surface area (Å²) in [5, 5.41) is 0.334. The summed E-state index contributed by atoms with van der Waals surface area (Å²) >= 11 is 6.13. The summed E-state index contributed by atoms with van der Waals surface area (Å²) in [5.41, 5.74) is 11.5. The highest BCUT2D eigenvalue weighted by Crippen LogP contribution is 2.39. The minimum atomic E-state index is -0.556. The molecule has 1 amide bonds. The number of ether oxygens (including phenoxy) is 2. The van der Waals surface area contributed by atoms with Crippen LogP contribution >= 0.6 is 11.6 Å². The van der Waals surface area contributed by atoms with E-state index < -0.39 is 11.9 Å². The zero-order valence-corrected chi connectivity index (χ0v) is 10.5. The lowest BCUT2D eigenvalue weighted by atomic mass is 10.0. The van der Waals surface area contributed by atoms with Crippen LogP contribution in [0.2, 0.25) is 5.02 Å². The summed E-state index contributed by atoms with van der Waals surface area (Å²) in [6, 6.07) is 2.82. The van der Waals surface area contributed by atoms with Gasteiger partial charge in [0.1, 0.15) is 0 Å². The molecule has 0 aliphatic rings. The van der Waals surface area contributed by atoms with Crippen LogP contribution in [-0.2, 0) is 4.79 Å². The highest BCUT2D eigenvalue weighted by Gasteiger charge is 2.18. The predicted molar refractivity (Wildman–Crippen MR) is 65.3 cm³/mol. The fraction of sp³-hybridized carbons (Fsp3) is 0.364. The summed E-state index contributed by atoms with van der Waals surface area (Å²) < 4.78 is 10.2. The highest BCUT2D eigenvalue weighted by atomic mass is 35.5. The van der Waals surface area contributed by atoms with E-state index in [2.05, 4.69) is 0 Å². The topological polar surface area (TPSA) is 87.6 Å². The molecule has 0 aliphatic carbocycles. The summed E-state index contributed by atoms with van der Waals surface area (Å²) in [7, 11) is 2.99. The van der Waals surface area contributed by atoms with E-state index in [0.29, 0.717) is 22.1 Å². The van der Waals surface area contributed by atoms with Crippen molar-refractivity contribution in [1.82, 2.24) is 0 Å². The van der Waals surface area contributed by atoms with E-state index in [1.54, 1.807) is 12.1 Å². The number of carbonyl (C=O) groups excluding carboxylic acids is 1. The molecule has 5 nitrogen and oxygen atoms in total. The van der Waals surface area contributed by atoms with Crippen molar-refractivity contribution >= 4 is 17.5 Å². The second-order valence-electron chi connectivity index (χ2n) is 3.48. The summed E-state index contributed by atoms with van der Waals surface area (Å²) in [6.45, 7) is 0. The minimum Gasteiger partial charge on any atom is -0.493 e. The van der Waals surface area contributed by atoms with E-state index in [0.717, 1.165) is 0 Å². The summed E-state index contributed by atoms with van der Waals surface area (Å²) in [6.07, 6.45) is 0.0230. The Morgan fingerprint density at radius 2 is 2.06 bits per heavy atom. The molecule has 1 atom stereocenters. The molecule has 1 rings (SSSR count). The molecular formula is C11H15ClN2O3. The fourth-order valence-corrected chi connectivity index (χ4v) is 1.89. The number of nitrogens with two attached hydrogens (primary N) is 2. The van der Waals surface area contributed by atoms with Crippen LogP contribution in [0.3, 0.4) is 0 Å². The van der Waals surface area contributed by atoms with Crippen LogP contribution in [0, 0.1) is 0 Å². The Hall–Kier alpha value is -1.46. The van der Waals surface area contributed by atoms with Crippen LogP contribution in [0.4, 0.5) is 0 Å². The number of methoxy groups -OCH3 is 2. The van der Waals surface area contributed by atoms with E-state index >= 15 is 0 Å². The van der Waals surface area contributed by atoms with Gasteiger partial charge in [-0.1, -0.05) is 17.7 Å². The zero-order valence-electron chi connectivity index (χ0n) is 9.70.